The van der Waals surface area contributed by atoms with Gasteiger partial charge in [-0.25, -0.2) is 0 Å². The third-order valence-corrected chi connectivity index (χ3v) is 2.57. The molecule has 4 heteroatoms. The van der Waals surface area contributed by atoms with Crippen LogP contribution in [0.1, 0.15) is 12.5 Å². The Labute approximate surface area is 89.4 Å². The summed E-state index contributed by atoms with van der Waals surface area (Å²) in [5.74, 6) is 0.785. The van der Waals surface area contributed by atoms with Gasteiger partial charge in [0, 0.05) is 23.7 Å². The summed E-state index contributed by atoms with van der Waals surface area (Å²) >= 11 is 0. The number of rotatable bonds is 4. The lowest BCUT2D eigenvalue weighted by molar-refractivity contribution is -0.120. The van der Waals surface area contributed by atoms with E-state index in [4.69, 9.17) is 15.2 Å². The zero-order valence-corrected chi connectivity index (χ0v) is 8.90. The van der Waals surface area contributed by atoms with Crippen LogP contribution in [0.4, 0.5) is 0 Å². The second-order valence-corrected chi connectivity index (χ2v) is 4.28. The monoisotopic (exact) mass is 208 g/mol. The number of aromatic nitrogens is 1. The molecule has 1 aliphatic rings. The summed E-state index contributed by atoms with van der Waals surface area (Å²) in [4.78, 5) is 4.03. The third kappa shape index (κ3) is 2.27. The lowest BCUT2D eigenvalue weighted by atomic mass is 9.90. The van der Waals surface area contributed by atoms with E-state index in [0.717, 1.165) is 24.5 Å². The molecule has 0 aliphatic carbocycles. The van der Waals surface area contributed by atoms with Crippen molar-refractivity contribution < 1.29 is 9.47 Å². The van der Waals surface area contributed by atoms with Gasteiger partial charge >= 0.3 is 0 Å². The average Bonchev–Trinajstić information content (AvgIpc) is 2.24. The molecule has 1 aromatic heterocycles. The zero-order chi connectivity index (χ0) is 10.7. The molecule has 0 radical (unpaired) electrons. The van der Waals surface area contributed by atoms with Crippen LogP contribution >= 0.6 is 0 Å². The number of hydrogen-bond acceptors (Lipinski definition) is 4. The van der Waals surface area contributed by atoms with E-state index in [9.17, 15) is 0 Å². The average molecular weight is 208 g/mol. The van der Waals surface area contributed by atoms with Crippen LogP contribution in [-0.2, 0) is 11.3 Å². The minimum Gasteiger partial charge on any atom is -0.491 e. The molecule has 2 rings (SSSR count). The molecule has 0 unspecified atom stereocenters. The first-order valence-corrected chi connectivity index (χ1v) is 5.07. The molecule has 15 heavy (non-hydrogen) atoms. The fourth-order valence-electron chi connectivity index (χ4n) is 1.49. The fourth-order valence-corrected chi connectivity index (χ4v) is 1.49. The number of nitrogens with zero attached hydrogens (tertiary/aromatic N) is 1. The van der Waals surface area contributed by atoms with Crippen molar-refractivity contribution in [2.45, 2.75) is 13.5 Å². The second kappa shape index (κ2) is 4.16. The molecule has 0 aromatic carbocycles. The summed E-state index contributed by atoms with van der Waals surface area (Å²) in [6, 6.07) is 1.88. The first kappa shape index (κ1) is 10.4. The van der Waals surface area contributed by atoms with Crippen molar-refractivity contribution in [3.63, 3.8) is 0 Å². The minimum absolute atomic E-state index is 0.154. The van der Waals surface area contributed by atoms with Crippen LogP contribution in [-0.4, -0.2) is 24.8 Å². The van der Waals surface area contributed by atoms with Gasteiger partial charge in [-0.1, -0.05) is 6.92 Å². The van der Waals surface area contributed by atoms with Crippen molar-refractivity contribution in [1.82, 2.24) is 4.98 Å². The number of ether oxygens (including phenoxy) is 2. The smallest absolute Gasteiger partial charge is 0.142 e. The molecule has 4 nitrogen and oxygen atoms in total. The van der Waals surface area contributed by atoms with Crippen molar-refractivity contribution >= 4 is 0 Å². The van der Waals surface area contributed by atoms with E-state index in [2.05, 4.69) is 11.9 Å². The van der Waals surface area contributed by atoms with E-state index in [-0.39, 0.29) is 5.41 Å². The molecule has 0 amide bonds. The van der Waals surface area contributed by atoms with Crippen molar-refractivity contribution in [3.8, 4) is 5.75 Å². The summed E-state index contributed by atoms with van der Waals surface area (Å²) in [5, 5.41) is 0. The van der Waals surface area contributed by atoms with Crippen LogP contribution in [0.5, 0.6) is 5.75 Å². The second-order valence-electron chi connectivity index (χ2n) is 4.28. The molecule has 1 fully saturated rings. The first-order chi connectivity index (χ1) is 7.23. The van der Waals surface area contributed by atoms with Gasteiger partial charge in [-0.15, -0.1) is 0 Å². The quantitative estimate of drug-likeness (QED) is 0.800. The molecule has 0 saturated carbocycles. The Morgan fingerprint density at radius 2 is 2.40 bits per heavy atom. The van der Waals surface area contributed by atoms with E-state index in [1.54, 1.807) is 12.4 Å². The lowest BCUT2D eigenvalue weighted by Gasteiger charge is -2.37. The standard InChI is InChI=1S/C11H16N2O2/c1-11(6-14-7-11)8-15-10-5-13-3-2-9(10)4-12/h2-3,5H,4,6-8,12H2,1H3. The van der Waals surface area contributed by atoms with Gasteiger partial charge in [-0.05, 0) is 6.07 Å². The zero-order valence-electron chi connectivity index (χ0n) is 8.90. The molecule has 1 aliphatic heterocycles. The first-order valence-electron chi connectivity index (χ1n) is 5.07. The molecular formula is C11H16N2O2. The topological polar surface area (TPSA) is 57.4 Å². The molecule has 1 aromatic rings. The Bertz CT molecular complexity index is 337. The van der Waals surface area contributed by atoms with E-state index in [1.807, 2.05) is 6.07 Å². The predicted octanol–water partition coefficient (Wildman–Crippen LogP) is 0.956. The summed E-state index contributed by atoms with van der Waals surface area (Å²) in [6.45, 7) is 4.82. The molecule has 82 valence electrons. The van der Waals surface area contributed by atoms with Gasteiger partial charge in [0.05, 0.1) is 26.0 Å². The van der Waals surface area contributed by atoms with Crippen molar-refractivity contribution in [1.29, 1.82) is 0 Å². The number of nitrogens with two attached hydrogens (primary N) is 1. The van der Waals surface area contributed by atoms with Crippen LogP contribution in [0, 0.1) is 5.41 Å². The number of pyridine rings is 1. The van der Waals surface area contributed by atoms with Crippen LogP contribution in [0.15, 0.2) is 18.5 Å². The van der Waals surface area contributed by atoms with Crippen LogP contribution < -0.4 is 10.5 Å². The van der Waals surface area contributed by atoms with E-state index in [0.29, 0.717) is 13.2 Å². The summed E-state index contributed by atoms with van der Waals surface area (Å²) in [7, 11) is 0. The molecule has 0 bridgehead atoms. The number of hydrogen-bond donors (Lipinski definition) is 1. The van der Waals surface area contributed by atoms with Gasteiger partial charge in [-0.2, -0.15) is 0 Å². The van der Waals surface area contributed by atoms with Gasteiger partial charge in [0.2, 0.25) is 0 Å². The highest BCUT2D eigenvalue weighted by Crippen LogP contribution is 2.28. The van der Waals surface area contributed by atoms with Crippen molar-refractivity contribution in [2.24, 2.45) is 11.1 Å². The Kier molecular flexibility index (Phi) is 2.88. The normalized spacial score (nSPS) is 18.3. The Morgan fingerprint density at radius 3 is 3.00 bits per heavy atom. The van der Waals surface area contributed by atoms with Gasteiger partial charge in [0.1, 0.15) is 5.75 Å². The highest BCUT2D eigenvalue weighted by molar-refractivity contribution is 5.29. The van der Waals surface area contributed by atoms with E-state index in [1.165, 1.54) is 0 Å². The predicted molar refractivity (Wildman–Crippen MR) is 56.5 cm³/mol. The maximum atomic E-state index is 5.71. The Hall–Kier alpha value is -1.13. The largest absolute Gasteiger partial charge is 0.491 e. The van der Waals surface area contributed by atoms with E-state index >= 15 is 0 Å². The van der Waals surface area contributed by atoms with Crippen molar-refractivity contribution in [3.05, 3.63) is 24.0 Å². The van der Waals surface area contributed by atoms with Gasteiger partial charge < -0.3 is 15.2 Å². The highest BCUT2D eigenvalue weighted by Gasteiger charge is 2.34. The maximum Gasteiger partial charge on any atom is 0.142 e. The molecule has 1 saturated heterocycles. The van der Waals surface area contributed by atoms with Gasteiger partial charge in [-0.3, -0.25) is 4.98 Å². The summed E-state index contributed by atoms with van der Waals surface area (Å²) < 4.78 is 10.9. The third-order valence-electron chi connectivity index (χ3n) is 2.57. The summed E-state index contributed by atoms with van der Waals surface area (Å²) in [6.07, 6.45) is 3.44. The van der Waals surface area contributed by atoms with Crippen molar-refractivity contribution in [2.75, 3.05) is 19.8 Å². The molecule has 0 atom stereocenters. The summed E-state index contributed by atoms with van der Waals surface area (Å²) in [5.41, 5.74) is 6.75. The molecular weight excluding hydrogens is 192 g/mol. The maximum absolute atomic E-state index is 5.71. The highest BCUT2D eigenvalue weighted by atomic mass is 16.5. The van der Waals surface area contributed by atoms with Crippen LogP contribution in [0.3, 0.4) is 0 Å². The van der Waals surface area contributed by atoms with Crippen LogP contribution in [0.25, 0.3) is 0 Å². The Morgan fingerprint density at radius 1 is 1.60 bits per heavy atom. The van der Waals surface area contributed by atoms with Gasteiger partial charge in [0.25, 0.3) is 0 Å². The molecule has 2 N–H and O–H groups in total. The Balaban J connectivity index is 1.98. The lowest BCUT2D eigenvalue weighted by Crippen LogP contribution is -2.44. The molecule has 0 spiro atoms. The molecule has 2 heterocycles. The SMILES string of the molecule is CC1(COc2cnccc2CN)COC1. The van der Waals surface area contributed by atoms with Gasteiger partial charge in [0.15, 0.2) is 0 Å². The minimum atomic E-state index is 0.154. The van der Waals surface area contributed by atoms with Crippen LogP contribution in [0.2, 0.25) is 0 Å². The fraction of sp³-hybridized carbons (Fsp3) is 0.545. The van der Waals surface area contributed by atoms with E-state index < -0.39 is 0 Å².